The molecule has 0 aromatic heterocycles. The van der Waals surface area contributed by atoms with Crippen LogP contribution in [0.2, 0.25) is 0 Å². The predicted molar refractivity (Wildman–Crippen MR) is 101 cm³/mol. The molecular weight excluding hydrogens is 334 g/mol. The highest BCUT2D eigenvalue weighted by atomic mass is 35.5. The molecule has 1 fully saturated rings. The van der Waals surface area contributed by atoms with E-state index in [1.54, 1.807) is 6.26 Å². The van der Waals surface area contributed by atoms with Gasteiger partial charge in [-0.05, 0) is 11.1 Å². The van der Waals surface area contributed by atoms with Crippen LogP contribution < -0.4 is 0 Å². The summed E-state index contributed by atoms with van der Waals surface area (Å²) < 4.78 is 5.92. The Kier molecular flexibility index (Phi) is 5.26. The van der Waals surface area contributed by atoms with E-state index >= 15 is 0 Å². The molecule has 0 radical (unpaired) electrons. The Labute approximate surface area is 154 Å². The van der Waals surface area contributed by atoms with Crippen molar-refractivity contribution in [2.75, 3.05) is 13.1 Å². The maximum Gasteiger partial charge on any atom is 0.210 e. The molecule has 1 spiro atoms. The van der Waals surface area contributed by atoms with Gasteiger partial charge in [-0.15, -0.1) is 12.4 Å². The molecule has 1 saturated heterocycles. The number of carbonyl (C=O) groups is 1. The van der Waals surface area contributed by atoms with Gasteiger partial charge in [0.2, 0.25) is 5.78 Å². The zero-order valence-corrected chi connectivity index (χ0v) is 14.9. The Morgan fingerprint density at radius 1 is 0.920 bits per heavy atom. The van der Waals surface area contributed by atoms with E-state index in [-0.39, 0.29) is 18.2 Å². The number of ether oxygens (including phenoxy) is 1. The number of carbonyl (C=O) groups excluding carboxylic acids is 1. The molecule has 4 heteroatoms. The van der Waals surface area contributed by atoms with E-state index in [0.29, 0.717) is 5.57 Å². The van der Waals surface area contributed by atoms with Gasteiger partial charge < -0.3 is 4.74 Å². The second kappa shape index (κ2) is 7.42. The number of piperidine rings is 1. The molecule has 0 bridgehead atoms. The molecule has 0 saturated carbocycles. The number of rotatable bonds is 3. The molecule has 2 aromatic carbocycles. The average molecular weight is 356 g/mol. The van der Waals surface area contributed by atoms with Gasteiger partial charge in [-0.25, -0.2) is 0 Å². The molecule has 0 amide bonds. The molecule has 25 heavy (non-hydrogen) atoms. The van der Waals surface area contributed by atoms with E-state index in [1.807, 2.05) is 36.4 Å². The van der Waals surface area contributed by atoms with Crippen LogP contribution in [0.15, 0.2) is 66.9 Å². The van der Waals surface area contributed by atoms with E-state index in [0.717, 1.165) is 38.0 Å². The summed E-state index contributed by atoms with van der Waals surface area (Å²) in [6.07, 6.45) is 3.18. The van der Waals surface area contributed by atoms with Crippen molar-refractivity contribution in [3.05, 3.63) is 78.1 Å². The van der Waals surface area contributed by atoms with Crippen LogP contribution in [0, 0.1) is 0 Å². The number of hydrogen-bond donors (Lipinski definition) is 0. The molecule has 3 nitrogen and oxygen atoms in total. The van der Waals surface area contributed by atoms with Crippen LogP contribution in [0.3, 0.4) is 0 Å². The first-order valence-electron chi connectivity index (χ1n) is 8.51. The average Bonchev–Trinajstić information content (AvgIpc) is 2.95. The first-order valence-corrected chi connectivity index (χ1v) is 8.51. The highest BCUT2D eigenvalue weighted by Crippen LogP contribution is 2.38. The highest BCUT2D eigenvalue weighted by molar-refractivity contribution is 6.26. The van der Waals surface area contributed by atoms with E-state index in [4.69, 9.17) is 4.74 Å². The second-order valence-electron chi connectivity index (χ2n) is 6.60. The lowest BCUT2D eigenvalue weighted by molar-refractivity contribution is -0.133. The number of hydrogen-bond acceptors (Lipinski definition) is 3. The maximum atomic E-state index is 12.9. The summed E-state index contributed by atoms with van der Waals surface area (Å²) in [5, 5.41) is 0. The number of ketones is 1. The number of nitrogens with zero attached hydrogens (tertiary/aromatic N) is 1. The second-order valence-corrected chi connectivity index (χ2v) is 6.60. The summed E-state index contributed by atoms with van der Waals surface area (Å²) in [7, 11) is 0. The Balaban J connectivity index is 0.00000182. The molecule has 0 atom stereocenters. The lowest BCUT2D eigenvalue weighted by atomic mass is 9.84. The predicted octanol–water partition coefficient (Wildman–Crippen LogP) is 4.08. The molecule has 4 rings (SSSR count). The van der Waals surface area contributed by atoms with Crippen molar-refractivity contribution in [1.82, 2.24) is 4.90 Å². The van der Waals surface area contributed by atoms with Crippen molar-refractivity contribution in [3.63, 3.8) is 0 Å². The SMILES string of the molecule is Cl.O=C1C(c2ccccc2)=COC12CCN(Cc1ccccc1)CC2. The van der Waals surface area contributed by atoms with Crippen molar-refractivity contribution >= 4 is 23.8 Å². The third-order valence-corrected chi connectivity index (χ3v) is 5.06. The monoisotopic (exact) mass is 355 g/mol. The van der Waals surface area contributed by atoms with Crippen molar-refractivity contribution in [2.24, 2.45) is 0 Å². The van der Waals surface area contributed by atoms with E-state index in [9.17, 15) is 4.79 Å². The van der Waals surface area contributed by atoms with E-state index < -0.39 is 5.60 Å². The number of Topliss-reactive ketones (excluding diaryl/α,β-unsaturated/α-hetero) is 1. The molecule has 0 aliphatic carbocycles. The lowest BCUT2D eigenvalue weighted by Crippen LogP contribution is -2.48. The molecule has 2 aliphatic rings. The van der Waals surface area contributed by atoms with Gasteiger partial charge in [0.1, 0.15) is 0 Å². The molecule has 2 aromatic rings. The van der Waals surface area contributed by atoms with Crippen LogP contribution in [0.5, 0.6) is 0 Å². The van der Waals surface area contributed by atoms with Crippen LogP contribution >= 0.6 is 12.4 Å². The molecule has 130 valence electrons. The van der Waals surface area contributed by atoms with Crippen molar-refractivity contribution < 1.29 is 9.53 Å². The van der Waals surface area contributed by atoms with Gasteiger partial charge >= 0.3 is 0 Å². The number of likely N-dealkylation sites (tertiary alicyclic amines) is 1. The largest absolute Gasteiger partial charge is 0.486 e. The summed E-state index contributed by atoms with van der Waals surface area (Å²) in [6, 6.07) is 20.3. The minimum absolute atomic E-state index is 0. The summed E-state index contributed by atoms with van der Waals surface area (Å²) >= 11 is 0. The molecule has 2 heterocycles. The molecule has 0 N–H and O–H groups in total. The standard InChI is InChI=1S/C21H21NO2.ClH/c23-20-19(18-9-5-2-6-10-18)16-24-21(20)11-13-22(14-12-21)15-17-7-3-1-4-8-17;/h1-10,16H,11-15H2;1H. The Morgan fingerprint density at radius 3 is 2.16 bits per heavy atom. The topological polar surface area (TPSA) is 29.5 Å². The van der Waals surface area contributed by atoms with Gasteiger partial charge in [0.05, 0.1) is 11.8 Å². The summed E-state index contributed by atoms with van der Waals surface area (Å²) in [5.74, 6) is 0.146. The fourth-order valence-corrected chi connectivity index (χ4v) is 3.60. The van der Waals surface area contributed by atoms with Gasteiger partial charge in [-0.1, -0.05) is 60.7 Å². The third kappa shape index (κ3) is 3.48. The minimum atomic E-state index is -0.641. The van der Waals surface area contributed by atoms with Gasteiger partial charge in [-0.3, -0.25) is 9.69 Å². The normalized spacial score (nSPS) is 19.2. The molecular formula is C21H22ClNO2. The number of benzene rings is 2. The highest BCUT2D eigenvalue weighted by Gasteiger charge is 2.47. The fraction of sp³-hybridized carbons (Fsp3) is 0.286. The Hall–Kier alpha value is -2.10. The summed E-state index contributed by atoms with van der Waals surface area (Å²) in [6.45, 7) is 2.71. The quantitative estimate of drug-likeness (QED) is 0.830. The Morgan fingerprint density at radius 2 is 1.52 bits per heavy atom. The van der Waals surface area contributed by atoms with Crippen molar-refractivity contribution in [2.45, 2.75) is 25.0 Å². The van der Waals surface area contributed by atoms with Gasteiger partial charge in [0.15, 0.2) is 5.60 Å². The minimum Gasteiger partial charge on any atom is -0.486 e. The van der Waals surface area contributed by atoms with Crippen LogP contribution in [-0.2, 0) is 16.1 Å². The first-order chi connectivity index (χ1) is 11.8. The van der Waals surface area contributed by atoms with Crippen molar-refractivity contribution in [3.8, 4) is 0 Å². The first kappa shape index (κ1) is 17.7. The smallest absolute Gasteiger partial charge is 0.210 e. The Bertz CT molecular complexity index is 750. The van der Waals surface area contributed by atoms with Crippen LogP contribution in [0.1, 0.15) is 24.0 Å². The van der Waals surface area contributed by atoms with Crippen LogP contribution in [-0.4, -0.2) is 29.4 Å². The van der Waals surface area contributed by atoms with Crippen molar-refractivity contribution in [1.29, 1.82) is 0 Å². The zero-order chi connectivity index (χ0) is 16.4. The maximum absolute atomic E-state index is 12.9. The summed E-state index contributed by atoms with van der Waals surface area (Å²) in [5.41, 5.74) is 2.34. The molecule has 0 unspecified atom stereocenters. The van der Waals surface area contributed by atoms with Gasteiger partial charge in [0.25, 0.3) is 0 Å². The lowest BCUT2D eigenvalue weighted by Gasteiger charge is -2.37. The zero-order valence-electron chi connectivity index (χ0n) is 14.1. The third-order valence-electron chi connectivity index (χ3n) is 5.06. The summed E-state index contributed by atoms with van der Waals surface area (Å²) in [4.78, 5) is 15.3. The van der Waals surface area contributed by atoms with Gasteiger partial charge in [0, 0.05) is 32.5 Å². The van der Waals surface area contributed by atoms with E-state index in [1.165, 1.54) is 5.56 Å². The fourth-order valence-electron chi connectivity index (χ4n) is 3.60. The number of halogens is 1. The van der Waals surface area contributed by atoms with Crippen LogP contribution in [0.4, 0.5) is 0 Å². The van der Waals surface area contributed by atoms with Crippen LogP contribution in [0.25, 0.3) is 5.57 Å². The molecule has 2 aliphatic heterocycles. The van der Waals surface area contributed by atoms with Gasteiger partial charge in [-0.2, -0.15) is 0 Å². The van der Waals surface area contributed by atoms with E-state index in [2.05, 4.69) is 29.2 Å².